The van der Waals surface area contributed by atoms with E-state index in [-0.39, 0.29) is 11.4 Å². The van der Waals surface area contributed by atoms with Crippen molar-refractivity contribution in [3.8, 4) is 0 Å². The molecule has 0 radical (unpaired) electrons. The maximum absolute atomic E-state index is 12.3. The molecule has 0 saturated carbocycles. The summed E-state index contributed by atoms with van der Waals surface area (Å²) in [6.45, 7) is 1.30. The van der Waals surface area contributed by atoms with E-state index in [0.717, 1.165) is 18.3 Å². The number of aliphatic hydroxyl groups is 2. The average Bonchev–Trinajstić information content (AvgIpc) is 2.26. The van der Waals surface area contributed by atoms with Gasteiger partial charge in [0, 0.05) is 11.8 Å². The number of rotatable bonds is 2. The van der Waals surface area contributed by atoms with E-state index in [1.165, 1.54) is 6.92 Å². The van der Waals surface area contributed by atoms with E-state index in [2.05, 4.69) is 10.1 Å². The summed E-state index contributed by atoms with van der Waals surface area (Å²) >= 11 is 0. The highest BCUT2D eigenvalue weighted by atomic mass is 19.4. The van der Waals surface area contributed by atoms with Gasteiger partial charge in [-0.2, -0.15) is 13.2 Å². The van der Waals surface area contributed by atoms with Crippen molar-refractivity contribution in [3.05, 3.63) is 29.6 Å². The molecule has 94 valence electrons. The number of halogens is 3. The molecule has 0 aliphatic carbocycles. The summed E-state index contributed by atoms with van der Waals surface area (Å²) in [4.78, 5) is 3.63. The second kappa shape index (κ2) is 4.30. The Hall–Kier alpha value is -1.67. The standard InChI is InChI=1S/C9H9F3N2O3/c1-5(14-17)7-4-6(2-3-13-7)8(15,16)9(10,11)12/h2-4,15-17H,1H3/b14-5+. The molecule has 0 saturated heterocycles. The number of nitrogens with zero attached hydrogens (tertiary/aromatic N) is 2. The first-order chi connectivity index (χ1) is 7.70. The number of alkyl halides is 3. The van der Waals surface area contributed by atoms with Crippen LogP contribution in [0.25, 0.3) is 0 Å². The molecule has 1 aromatic heterocycles. The van der Waals surface area contributed by atoms with Crippen molar-refractivity contribution in [3.63, 3.8) is 0 Å². The van der Waals surface area contributed by atoms with E-state index in [1.807, 2.05) is 0 Å². The van der Waals surface area contributed by atoms with Crippen LogP contribution in [0.4, 0.5) is 13.2 Å². The molecule has 0 aliphatic rings. The quantitative estimate of drug-likeness (QED) is 0.316. The predicted molar refractivity (Wildman–Crippen MR) is 50.4 cm³/mol. The molecule has 0 fully saturated rings. The third-order valence-corrected chi connectivity index (χ3v) is 2.08. The Morgan fingerprint density at radius 2 is 1.94 bits per heavy atom. The summed E-state index contributed by atoms with van der Waals surface area (Å²) in [5.41, 5.74) is -0.954. The molecule has 1 rings (SSSR count). The Kier molecular flexibility index (Phi) is 3.39. The first-order valence-electron chi connectivity index (χ1n) is 4.37. The fourth-order valence-corrected chi connectivity index (χ4v) is 1.06. The van der Waals surface area contributed by atoms with Crippen LogP contribution in [0, 0.1) is 0 Å². The minimum atomic E-state index is -5.24. The van der Waals surface area contributed by atoms with Crippen LogP contribution < -0.4 is 0 Å². The summed E-state index contributed by atoms with van der Waals surface area (Å²) in [7, 11) is 0. The van der Waals surface area contributed by atoms with Crippen molar-refractivity contribution >= 4 is 5.71 Å². The normalized spacial score (nSPS) is 13.9. The average molecular weight is 250 g/mol. The molecule has 0 atom stereocenters. The summed E-state index contributed by atoms with van der Waals surface area (Å²) in [5, 5.41) is 29.2. The van der Waals surface area contributed by atoms with Crippen molar-refractivity contribution in [2.75, 3.05) is 0 Å². The van der Waals surface area contributed by atoms with Gasteiger partial charge in [0.1, 0.15) is 5.71 Å². The molecular weight excluding hydrogens is 241 g/mol. The lowest BCUT2D eigenvalue weighted by Gasteiger charge is -2.24. The Balaban J connectivity index is 3.25. The Bertz CT molecular complexity index is 443. The Morgan fingerprint density at radius 3 is 2.41 bits per heavy atom. The molecule has 0 spiro atoms. The molecule has 1 aromatic rings. The molecule has 3 N–H and O–H groups in total. The van der Waals surface area contributed by atoms with Gasteiger partial charge in [-0.05, 0) is 19.1 Å². The molecule has 0 aliphatic heterocycles. The molecule has 0 amide bonds. The van der Waals surface area contributed by atoms with Crippen molar-refractivity contribution in [1.82, 2.24) is 4.98 Å². The van der Waals surface area contributed by atoms with Crippen LogP contribution in [0.1, 0.15) is 18.2 Å². The molecule has 0 aromatic carbocycles. The van der Waals surface area contributed by atoms with E-state index in [9.17, 15) is 13.2 Å². The predicted octanol–water partition coefficient (Wildman–Crippen LogP) is 0.980. The molecule has 0 unspecified atom stereocenters. The third-order valence-electron chi connectivity index (χ3n) is 2.08. The van der Waals surface area contributed by atoms with Crippen LogP contribution >= 0.6 is 0 Å². The fourth-order valence-electron chi connectivity index (χ4n) is 1.06. The minimum Gasteiger partial charge on any atom is -0.411 e. The smallest absolute Gasteiger partial charge is 0.411 e. The van der Waals surface area contributed by atoms with Gasteiger partial charge in [-0.15, -0.1) is 0 Å². The number of aromatic nitrogens is 1. The maximum atomic E-state index is 12.3. The van der Waals surface area contributed by atoms with Gasteiger partial charge in [0.25, 0.3) is 5.79 Å². The van der Waals surface area contributed by atoms with Gasteiger partial charge in [0.05, 0.1) is 5.69 Å². The number of pyridine rings is 1. The van der Waals surface area contributed by atoms with Crippen molar-refractivity contribution in [2.24, 2.45) is 5.16 Å². The minimum absolute atomic E-state index is 0.0511. The SMILES string of the molecule is C/C(=N\O)c1cc(C(O)(O)C(F)(F)F)ccn1. The highest BCUT2D eigenvalue weighted by Gasteiger charge is 2.54. The van der Waals surface area contributed by atoms with Crippen molar-refractivity contribution in [1.29, 1.82) is 0 Å². The summed E-state index contributed by atoms with van der Waals surface area (Å²) in [6, 6.07) is 1.59. The largest absolute Gasteiger partial charge is 0.447 e. The second-order valence-corrected chi connectivity index (χ2v) is 3.29. The van der Waals surface area contributed by atoms with E-state index in [0.29, 0.717) is 0 Å². The van der Waals surface area contributed by atoms with Crippen LogP contribution in [-0.2, 0) is 5.79 Å². The summed E-state index contributed by atoms with van der Waals surface area (Å²) < 4.78 is 37.0. The molecule has 17 heavy (non-hydrogen) atoms. The molecular formula is C9H9F3N2O3. The second-order valence-electron chi connectivity index (χ2n) is 3.29. The third kappa shape index (κ3) is 2.53. The zero-order chi connectivity index (χ0) is 13.3. The van der Waals surface area contributed by atoms with E-state index < -0.39 is 17.5 Å². The topological polar surface area (TPSA) is 85.9 Å². The molecule has 1 heterocycles. The highest BCUT2D eigenvalue weighted by Crippen LogP contribution is 2.36. The van der Waals surface area contributed by atoms with E-state index >= 15 is 0 Å². The zero-order valence-corrected chi connectivity index (χ0v) is 8.60. The zero-order valence-electron chi connectivity index (χ0n) is 8.60. The molecule has 8 heteroatoms. The Labute approximate surface area is 93.8 Å². The lowest BCUT2D eigenvalue weighted by atomic mass is 10.1. The lowest BCUT2D eigenvalue weighted by molar-refractivity contribution is -0.358. The number of hydrogen-bond donors (Lipinski definition) is 3. The van der Waals surface area contributed by atoms with Crippen LogP contribution in [0.5, 0.6) is 0 Å². The number of hydrogen-bond acceptors (Lipinski definition) is 5. The van der Waals surface area contributed by atoms with Crippen molar-refractivity contribution < 1.29 is 28.6 Å². The van der Waals surface area contributed by atoms with E-state index in [1.54, 1.807) is 0 Å². The summed E-state index contributed by atoms with van der Waals surface area (Å²) in [5.74, 6) is -3.97. The molecule has 0 bridgehead atoms. The number of oxime groups is 1. The molecule has 5 nitrogen and oxygen atoms in total. The van der Waals surface area contributed by atoms with Gasteiger partial charge in [0.15, 0.2) is 0 Å². The van der Waals surface area contributed by atoms with Crippen LogP contribution in [0.3, 0.4) is 0 Å². The monoisotopic (exact) mass is 250 g/mol. The first-order valence-corrected chi connectivity index (χ1v) is 4.37. The lowest BCUT2D eigenvalue weighted by Crippen LogP contribution is -2.42. The van der Waals surface area contributed by atoms with Crippen LogP contribution in [0.15, 0.2) is 23.5 Å². The highest BCUT2D eigenvalue weighted by molar-refractivity contribution is 5.96. The maximum Gasteiger partial charge on any atom is 0.447 e. The first kappa shape index (κ1) is 13.4. The van der Waals surface area contributed by atoms with Gasteiger partial charge in [0.2, 0.25) is 0 Å². The summed E-state index contributed by atoms with van der Waals surface area (Å²) in [6.07, 6.45) is -4.29. The van der Waals surface area contributed by atoms with E-state index in [4.69, 9.17) is 15.4 Å². The van der Waals surface area contributed by atoms with Crippen LogP contribution in [-0.4, -0.2) is 32.3 Å². The van der Waals surface area contributed by atoms with Crippen LogP contribution in [0.2, 0.25) is 0 Å². The van der Waals surface area contributed by atoms with Gasteiger partial charge >= 0.3 is 6.18 Å². The van der Waals surface area contributed by atoms with Gasteiger partial charge < -0.3 is 15.4 Å². The van der Waals surface area contributed by atoms with Gasteiger partial charge in [-0.3, -0.25) is 4.98 Å². The van der Waals surface area contributed by atoms with Gasteiger partial charge in [-0.1, -0.05) is 5.16 Å². The fraction of sp³-hybridized carbons (Fsp3) is 0.333. The van der Waals surface area contributed by atoms with Crippen molar-refractivity contribution in [2.45, 2.75) is 18.9 Å². The van der Waals surface area contributed by atoms with Gasteiger partial charge in [-0.25, -0.2) is 0 Å². The Morgan fingerprint density at radius 1 is 1.35 bits per heavy atom.